The first-order valence-electron chi connectivity index (χ1n) is 7.68. The average molecular weight is 316 g/mol. The van der Waals surface area contributed by atoms with E-state index in [4.69, 9.17) is 0 Å². The summed E-state index contributed by atoms with van der Waals surface area (Å²) in [5.74, 6) is 0. The SMILES string of the molecule is OC(Nc1ccccc1)c1cccc(-c2cnc3cnccn23)c1. The number of hydrogen-bond acceptors (Lipinski definition) is 4. The summed E-state index contributed by atoms with van der Waals surface area (Å²) in [5.41, 5.74) is 4.40. The minimum absolute atomic E-state index is 0.784. The molecule has 0 saturated carbocycles. The number of benzene rings is 2. The van der Waals surface area contributed by atoms with Crippen LogP contribution >= 0.6 is 0 Å². The molecule has 5 heteroatoms. The summed E-state index contributed by atoms with van der Waals surface area (Å²) in [4.78, 5) is 8.44. The summed E-state index contributed by atoms with van der Waals surface area (Å²) in [5, 5.41) is 13.6. The molecule has 0 radical (unpaired) electrons. The number of para-hydroxylation sites is 1. The van der Waals surface area contributed by atoms with Crippen molar-refractivity contribution < 1.29 is 5.11 Å². The van der Waals surface area contributed by atoms with Crippen molar-refractivity contribution in [3.63, 3.8) is 0 Å². The second kappa shape index (κ2) is 6.14. The van der Waals surface area contributed by atoms with Gasteiger partial charge in [-0.3, -0.25) is 9.38 Å². The third kappa shape index (κ3) is 2.73. The van der Waals surface area contributed by atoms with Crippen LogP contribution in [-0.2, 0) is 0 Å². The van der Waals surface area contributed by atoms with Crippen LogP contribution in [0.4, 0.5) is 5.69 Å². The largest absolute Gasteiger partial charge is 0.369 e. The number of imidazole rings is 1. The van der Waals surface area contributed by atoms with Gasteiger partial charge in [-0.2, -0.15) is 0 Å². The molecule has 0 aliphatic heterocycles. The van der Waals surface area contributed by atoms with Crippen LogP contribution in [-0.4, -0.2) is 19.5 Å². The molecular weight excluding hydrogens is 300 g/mol. The fourth-order valence-electron chi connectivity index (χ4n) is 2.70. The molecule has 118 valence electrons. The van der Waals surface area contributed by atoms with Gasteiger partial charge in [-0.1, -0.05) is 36.4 Å². The fourth-order valence-corrected chi connectivity index (χ4v) is 2.70. The van der Waals surface area contributed by atoms with Crippen molar-refractivity contribution >= 4 is 11.3 Å². The summed E-state index contributed by atoms with van der Waals surface area (Å²) < 4.78 is 1.98. The monoisotopic (exact) mass is 316 g/mol. The van der Waals surface area contributed by atoms with Crippen LogP contribution in [0.2, 0.25) is 0 Å². The molecule has 0 spiro atoms. The Bertz CT molecular complexity index is 965. The molecule has 24 heavy (non-hydrogen) atoms. The van der Waals surface area contributed by atoms with Crippen LogP contribution in [0, 0.1) is 0 Å². The van der Waals surface area contributed by atoms with Crippen LogP contribution in [0.1, 0.15) is 11.8 Å². The van der Waals surface area contributed by atoms with Crippen molar-refractivity contribution in [2.75, 3.05) is 5.32 Å². The highest BCUT2D eigenvalue weighted by molar-refractivity contribution is 5.64. The Morgan fingerprint density at radius 2 is 1.88 bits per heavy atom. The van der Waals surface area contributed by atoms with Crippen molar-refractivity contribution in [2.24, 2.45) is 0 Å². The lowest BCUT2D eigenvalue weighted by atomic mass is 10.1. The highest BCUT2D eigenvalue weighted by Crippen LogP contribution is 2.25. The zero-order chi connectivity index (χ0) is 16.4. The number of aliphatic hydroxyl groups is 1. The molecular formula is C19H16N4O. The Labute approximate surface area is 139 Å². The highest BCUT2D eigenvalue weighted by Gasteiger charge is 2.11. The summed E-state index contributed by atoms with van der Waals surface area (Å²) in [6.45, 7) is 0. The van der Waals surface area contributed by atoms with Gasteiger partial charge in [0.2, 0.25) is 0 Å². The number of rotatable bonds is 4. The number of nitrogens with zero attached hydrogens (tertiary/aromatic N) is 3. The van der Waals surface area contributed by atoms with Gasteiger partial charge in [-0.05, 0) is 18.2 Å². The normalized spacial score (nSPS) is 12.2. The first kappa shape index (κ1) is 14.4. The van der Waals surface area contributed by atoms with E-state index in [1.165, 1.54) is 0 Å². The Kier molecular flexibility index (Phi) is 3.69. The Morgan fingerprint density at radius 3 is 2.75 bits per heavy atom. The van der Waals surface area contributed by atoms with Gasteiger partial charge in [0, 0.05) is 29.2 Å². The molecule has 4 rings (SSSR count). The lowest BCUT2D eigenvalue weighted by molar-refractivity contribution is 0.208. The van der Waals surface area contributed by atoms with Gasteiger partial charge in [0.15, 0.2) is 11.9 Å². The average Bonchev–Trinajstić information content (AvgIpc) is 3.07. The molecule has 0 aliphatic rings. The van der Waals surface area contributed by atoms with Crippen molar-refractivity contribution in [3.05, 3.63) is 84.9 Å². The number of aromatic nitrogens is 3. The topological polar surface area (TPSA) is 62.5 Å². The number of hydrogen-bond donors (Lipinski definition) is 2. The van der Waals surface area contributed by atoms with E-state index in [0.29, 0.717) is 0 Å². The molecule has 2 aromatic heterocycles. The lowest BCUT2D eigenvalue weighted by Crippen LogP contribution is -2.09. The molecule has 1 atom stereocenters. The van der Waals surface area contributed by atoms with Gasteiger partial charge in [0.1, 0.15) is 0 Å². The van der Waals surface area contributed by atoms with E-state index < -0.39 is 6.23 Å². The molecule has 4 aromatic rings. The molecule has 0 amide bonds. The van der Waals surface area contributed by atoms with Crippen LogP contribution < -0.4 is 5.32 Å². The molecule has 0 bridgehead atoms. The zero-order valence-electron chi connectivity index (χ0n) is 12.9. The molecule has 2 N–H and O–H groups in total. The van der Waals surface area contributed by atoms with E-state index >= 15 is 0 Å². The summed E-state index contributed by atoms with van der Waals surface area (Å²) >= 11 is 0. The van der Waals surface area contributed by atoms with Gasteiger partial charge in [0.05, 0.1) is 18.1 Å². The molecule has 0 saturated heterocycles. The van der Waals surface area contributed by atoms with Crippen molar-refractivity contribution in [1.29, 1.82) is 0 Å². The number of nitrogens with one attached hydrogen (secondary N) is 1. The van der Waals surface area contributed by atoms with Gasteiger partial charge < -0.3 is 10.4 Å². The molecule has 2 heterocycles. The second-order valence-corrected chi connectivity index (χ2v) is 5.49. The summed E-state index contributed by atoms with van der Waals surface area (Å²) in [6.07, 6.45) is 6.36. The summed E-state index contributed by atoms with van der Waals surface area (Å²) in [6, 6.07) is 17.4. The van der Waals surface area contributed by atoms with Crippen molar-refractivity contribution in [1.82, 2.24) is 14.4 Å². The first-order valence-corrected chi connectivity index (χ1v) is 7.68. The number of aliphatic hydroxyl groups excluding tert-OH is 1. The number of anilines is 1. The predicted molar refractivity (Wildman–Crippen MR) is 93.4 cm³/mol. The zero-order valence-corrected chi connectivity index (χ0v) is 12.9. The molecule has 0 aliphatic carbocycles. The second-order valence-electron chi connectivity index (χ2n) is 5.49. The van der Waals surface area contributed by atoms with Gasteiger partial charge >= 0.3 is 0 Å². The Hall–Kier alpha value is -3.18. The Morgan fingerprint density at radius 1 is 1.00 bits per heavy atom. The maximum atomic E-state index is 10.5. The minimum atomic E-state index is -0.784. The fraction of sp³-hybridized carbons (Fsp3) is 0.0526. The van der Waals surface area contributed by atoms with Crippen LogP contribution in [0.25, 0.3) is 16.9 Å². The Balaban J connectivity index is 1.66. The molecule has 1 unspecified atom stereocenters. The van der Waals surface area contributed by atoms with E-state index in [-0.39, 0.29) is 0 Å². The molecule has 5 nitrogen and oxygen atoms in total. The van der Waals surface area contributed by atoms with Crippen LogP contribution in [0.15, 0.2) is 79.4 Å². The summed E-state index contributed by atoms with van der Waals surface area (Å²) in [7, 11) is 0. The standard InChI is InChI=1S/C19H16N4O/c24-19(22-16-7-2-1-3-8-16)15-6-4-5-14(11-15)17-12-21-18-13-20-9-10-23(17)18/h1-13,19,22,24H. The van der Waals surface area contributed by atoms with E-state index in [0.717, 1.165) is 28.2 Å². The molecule has 2 aromatic carbocycles. The van der Waals surface area contributed by atoms with E-state index in [1.54, 1.807) is 12.4 Å². The smallest absolute Gasteiger partial charge is 0.155 e. The lowest BCUT2D eigenvalue weighted by Gasteiger charge is -2.15. The predicted octanol–water partition coefficient (Wildman–Crippen LogP) is 3.50. The van der Waals surface area contributed by atoms with Crippen LogP contribution in [0.5, 0.6) is 0 Å². The van der Waals surface area contributed by atoms with Gasteiger partial charge in [0.25, 0.3) is 0 Å². The third-order valence-corrected chi connectivity index (χ3v) is 3.89. The van der Waals surface area contributed by atoms with Gasteiger partial charge in [-0.15, -0.1) is 0 Å². The van der Waals surface area contributed by atoms with Crippen molar-refractivity contribution in [2.45, 2.75) is 6.23 Å². The number of fused-ring (bicyclic) bond motifs is 1. The minimum Gasteiger partial charge on any atom is -0.369 e. The molecule has 0 fully saturated rings. The first-order chi connectivity index (χ1) is 11.8. The van der Waals surface area contributed by atoms with Crippen LogP contribution in [0.3, 0.4) is 0 Å². The third-order valence-electron chi connectivity index (χ3n) is 3.89. The maximum absolute atomic E-state index is 10.5. The van der Waals surface area contributed by atoms with E-state index in [9.17, 15) is 5.11 Å². The maximum Gasteiger partial charge on any atom is 0.155 e. The van der Waals surface area contributed by atoms with E-state index in [2.05, 4.69) is 15.3 Å². The van der Waals surface area contributed by atoms with Crippen molar-refractivity contribution in [3.8, 4) is 11.3 Å². The van der Waals surface area contributed by atoms with E-state index in [1.807, 2.05) is 71.4 Å². The highest BCUT2D eigenvalue weighted by atomic mass is 16.3. The van der Waals surface area contributed by atoms with Gasteiger partial charge in [-0.25, -0.2) is 4.98 Å². The quantitative estimate of drug-likeness (QED) is 0.566.